The quantitative estimate of drug-likeness (QED) is 0.572. The molecule has 4 nitrogen and oxygen atoms in total. The second-order valence-corrected chi connectivity index (χ2v) is 4.66. The van der Waals surface area contributed by atoms with Crippen molar-refractivity contribution in [2.75, 3.05) is 19.7 Å². The number of carbonyl (C=O) groups excluding carboxylic acids is 1. The van der Waals surface area contributed by atoms with Crippen LogP contribution in [0.2, 0.25) is 0 Å². The number of nitrogens with zero attached hydrogens (tertiary/aromatic N) is 2. The minimum Gasteiger partial charge on any atom is -0.461 e. The van der Waals surface area contributed by atoms with Crippen molar-refractivity contribution in [2.24, 2.45) is 4.99 Å². The highest BCUT2D eigenvalue weighted by atomic mass is 127. The summed E-state index contributed by atoms with van der Waals surface area (Å²) in [6.45, 7) is 3.58. The molecule has 2 heterocycles. The molecule has 0 spiro atoms. The lowest BCUT2D eigenvalue weighted by Crippen LogP contribution is -2.28. The third kappa shape index (κ3) is 2.22. The maximum Gasteiger partial charge on any atom is 0.354 e. The molecule has 0 aliphatic carbocycles. The van der Waals surface area contributed by atoms with E-state index in [0.29, 0.717) is 18.9 Å². The van der Waals surface area contributed by atoms with Crippen LogP contribution in [0.4, 0.5) is 0 Å². The molecule has 2 aliphatic heterocycles. The SMILES string of the molecule is CCOC(=O)C1=NC2=CC=C(I)CN2C1. The van der Waals surface area contributed by atoms with Crippen molar-refractivity contribution in [1.82, 2.24) is 4.90 Å². The first-order valence-electron chi connectivity index (χ1n) is 4.76. The average Bonchev–Trinajstić information content (AvgIpc) is 2.60. The molecule has 0 aromatic carbocycles. The topological polar surface area (TPSA) is 41.9 Å². The van der Waals surface area contributed by atoms with Gasteiger partial charge in [-0.05, 0) is 41.7 Å². The first kappa shape index (κ1) is 10.7. The number of rotatable bonds is 2. The molecule has 15 heavy (non-hydrogen) atoms. The van der Waals surface area contributed by atoms with Gasteiger partial charge in [0.25, 0.3) is 0 Å². The monoisotopic (exact) mass is 318 g/mol. The van der Waals surface area contributed by atoms with Gasteiger partial charge in [-0.25, -0.2) is 9.79 Å². The predicted molar refractivity (Wildman–Crippen MR) is 65.8 cm³/mol. The zero-order valence-corrected chi connectivity index (χ0v) is 10.5. The fraction of sp³-hybridized carbons (Fsp3) is 0.400. The summed E-state index contributed by atoms with van der Waals surface area (Å²) in [4.78, 5) is 17.8. The van der Waals surface area contributed by atoms with E-state index in [1.165, 1.54) is 3.58 Å². The van der Waals surface area contributed by atoms with Crippen LogP contribution in [0.1, 0.15) is 6.92 Å². The van der Waals surface area contributed by atoms with Crippen LogP contribution >= 0.6 is 22.6 Å². The number of ether oxygens (including phenoxy) is 1. The second-order valence-electron chi connectivity index (χ2n) is 3.27. The van der Waals surface area contributed by atoms with Crippen LogP contribution in [0, 0.1) is 0 Å². The van der Waals surface area contributed by atoms with Gasteiger partial charge in [0.05, 0.1) is 19.7 Å². The van der Waals surface area contributed by atoms with Gasteiger partial charge in [-0.3, -0.25) is 0 Å². The Hall–Kier alpha value is -0.850. The molecule has 0 amide bonds. The van der Waals surface area contributed by atoms with Crippen LogP contribution in [0.3, 0.4) is 0 Å². The summed E-state index contributed by atoms with van der Waals surface area (Å²) in [5.41, 5.74) is 0.502. The lowest BCUT2D eigenvalue weighted by Gasteiger charge is -2.20. The molecule has 80 valence electrons. The van der Waals surface area contributed by atoms with Crippen molar-refractivity contribution < 1.29 is 9.53 Å². The normalized spacial score (nSPS) is 19.1. The van der Waals surface area contributed by atoms with Crippen LogP contribution in [0.25, 0.3) is 0 Å². The molecule has 0 aromatic rings. The lowest BCUT2D eigenvalue weighted by atomic mass is 10.3. The zero-order chi connectivity index (χ0) is 10.8. The summed E-state index contributed by atoms with van der Waals surface area (Å²) in [6, 6.07) is 0. The number of esters is 1. The summed E-state index contributed by atoms with van der Waals surface area (Å²) in [5.74, 6) is 0.557. The second kappa shape index (κ2) is 4.34. The fourth-order valence-electron chi connectivity index (χ4n) is 1.51. The van der Waals surface area contributed by atoms with E-state index < -0.39 is 0 Å². The number of carbonyl (C=O) groups is 1. The Morgan fingerprint density at radius 2 is 2.40 bits per heavy atom. The summed E-state index contributed by atoms with van der Waals surface area (Å²) in [5, 5.41) is 0. The molecule has 0 atom stereocenters. The largest absolute Gasteiger partial charge is 0.461 e. The predicted octanol–water partition coefficient (Wildman–Crippen LogP) is 1.48. The fourth-order valence-corrected chi connectivity index (χ4v) is 2.10. The zero-order valence-electron chi connectivity index (χ0n) is 8.36. The Morgan fingerprint density at radius 1 is 1.60 bits per heavy atom. The van der Waals surface area contributed by atoms with Crippen LogP contribution in [-0.2, 0) is 9.53 Å². The van der Waals surface area contributed by atoms with Crippen LogP contribution in [0.5, 0.6) is 0 Å². The van der Waals surface area contributed by atoms with Gasteiger partial charge in [0, 0.05) is 3.58 Å². The number of aliphatic imine (C=N–C) groups is 1. The highest BCUT2D eigenvalue weighted by Crippen LogP contribution is 2.23. The Balaban J connectivity index is 2.12. The third-order valence-electron chi connectivity index (χ3n) is 2.18. The van der Waals surface area contributed by atoms with Crippen molar-refractivity contribution in [2.45, 2.75) is 6.92 Å². The maximum absolute atomic E-state index is 11.4. The summed E-state index contributed by atoms with van der Waals surface area (Å²) < 4.78 is 6.16. The molecule has 0 fully saturated rings. The molecule has 0 saturated heterocycles. The first-order chi connectivity index (χ1) is 7.20. The Bertz CT molecular complexity index is 385. The molecule has 0 aromatic heterocycles. The Morgan fingerprint density at radius 3 is 3.13 bits per heavy atom. The van der Waals surface area contributed by atoms with Gasteiger partial charge >= 0.3 is 5.97 Å². The van der Waals surface area contributed by atoms with Crippen molar-refractivity contribution in [3.8, 4) is 0 Å². The van der Waals surface area contributed by atoms with E-state index in [0.717, 1.165) is 12.4 Å². The van der Waals surface area contributed by atoms with Gasteiger partial charge in [-0.15, -0.1) is 0 Å². The molecule has 0 N–H and O–H groups in total. The van der Waals surface area contributed by atoms with Crippen LogP contribution < -0.4 is 0 Å². The summed E-state index contributed by atoms with van der Waals surface area (Å²) in [6.07, 6.45) is 3.95. The summed E-state index contributed by atoms with van der Waals surface area (Å²) >= 11 is 2.28. The number of hydrogen-bond donors (Lipinski definition) is 0. The molecule has 5 heteroatoms. The minimum atomic E-state index is -0.303. The standard InChI is InChI=1S/C10H11IN2O2/c1-2-15-10(14)8-6-13-5-7(11)3-4-9(13)12-8/h3-4H,2,5-6H2,1H3. The lowest BCUT2D eigenvalue weighted by molar-refractivity contribution is -0.135. The molecular weight excluding hydrogens is 307 g/mol. The van der Waals surface area contributed by atoms with E-state index >= 15 is 0 Å². The van der Waals surface area contributed by atoms with E-state index in [9.17, 15) is 4.79 Å². The van der Waals surface area contributed by atoms with Crippen LogP contribution in [0.15, 0.2) is 26.5 Å². The van der Waals surface area contributed by atoms with Gasteiger partial charge in [0.2, 0.25) is 0 Å². The number of hydrogen-bond acceptors (Lipinski definition) is 4. The first-order valence-corrected chi connectivity index (χ1v) is 5.84. The van der Waals surface area contributed by atoms with Crippen molar-refractivity contribution in [3.63, 3.8) is 0 Å². The molecule has 0 saturated carbocycles. The summed E-state index contributed by atoms with van der Waals surface area (Å²) in [7, 11) is 0. The van der Waals surface area contributed by atoms with E-state index in [-0.39, 0.29) is 5.97 Å². The molecule has 2 rings (SSSR count). The van der Waals surface area contributed by atoms with Crippen molar-refractivity contribution >= 4 is 34.3 Å². The molecular formula is C10H11IN2O2. The smallest absolute Gasteiger partial charge is 0.354 e. The van der Waals surface area contributed by atoms with Gasteiger partial charge in [-0.1, -0.05) is 0 Å². The van der Waals surface area contributed by atoms with Gasteiger partial charge in [0.15, 0.2) is 0 Å². The minimum absolute atomic E-state index is 0.303. The molecule has 0 bridgehead atoms. The molecule has 2 aliphatic rings. The van der Waals surface area contributed by atoms with Gasteiger partial charge in [-0.2, -0.15) is 0 Å². The number of allylic oxidation sites excluding steroid dienone is 2. The van der Waals surface area contributed by atoms with E-state index in [4.69, 9.17) is 4.74 Å². The van der Waals surface area contributed by atoms with Crippen molar-refractivity contribution in [3.05, 3.63) is 21.6 Å². The number of halogens is 1. The van der Waals surface area contributed by atoms with E-state index in [1.54, 1.807) is 6.92 Å². The highest BCUT2D eigenvalue weighted by Gasteiger charge is 2.27. The Kier molecular flexibility index (Phi) is 3.08. The average molecular weight is 318 g/mol. The number of fused-ring (bicyclic) bond motifs is 1. The highest BCUT2D eigenvalue weighted by molar-refractivity contribution is 14.1. The van der Waals surface area contributed by atoms with Crippen molar-refractivity contribution in [1.29, 1.82) is 0 Å². The Labute approximate surface area is 102 Å². The molecule has 0 radical (unpaired) electrons. The molecule has 0 unspecified atom stereocenters. The van der Waals surface area contributed by atoms with Gasteiger partial charge in [0.1, 0.15) is 11.5 Å². The maximum atomic E-state index is 11.4. The van der Waals surface area contributed by atoms with Gasteiger partial charge < -0.3 is 9.64 Å². The third-order valence-corrected chi connectivity index (χ3v) is 2.88. The van der Waals surface area contributed by atoms with E-state index in [2.05, 4.69) is 32.5 Å². The van der Waals surface area contributed by atoms with E-state index in [1.807, 2.05) is 12.2 Å². The van der Waals surface area contributed by atoms with Crippen LogP contribution in [-0.4, -0.2) is 36.3 Å².